The van der Waals surface area contributed by atoms with Crippen LogP contribution in [0.3, 0.4) is 0 Å². The summed E-state index contributed by atoms with van der Waals surface area (Å²) in [5.74, 6) is 6.34. The van der Waals surface area contributed by atoms with Crippen LogP contribution < -0.4 is 5.32 Å². The molecule has 0 aromatic heterocycles. The van der Waals surface area contributed by atoms with Crippen LogP contribution >= 0.6 is 0 Å². The molecule has 0 fully saturated rings. The highest BCUT2D eigenvalue weighted by Crippen LogP contribution is 2.14. The van der Waals surface area contributed by atoms with E-state index in [0.717, 1.165) is 25.3 Å². The Hall–Kier alpha value is -2.50. The number of anilines is 1. The maximum absolute atomic E-state index is 3.50. The van der Waals surface area contributed by atoms with Crippen molar-refractivity contribution < 1.29 is 0 Å². The summed E-state index contributed by atoms with van der Waals surface area (Å²) >= 11 is 0. The van der Waals surface area contributed by atoms with Crippen LogP contribution in [0.1, 0.15) is 31.9 Å². The van der Waals surface area contributed by atoms with Gasteiger partial charge in [-0.3, -0.25) is 4.90 Å². The minimum atomic E-state index is 0.0590. The molecule has 0 aliphatic heterocycles. The number of rotatable bonds is 7. The maximum Gasteiger partial charge on any atom is 0.0400 e. The molecule has 0 spiro atoms. The molecule has 2 heteroatoms. The van der Waals surface area contributed by atoms with Gasteiger partial charge in [0.1, 0.15) is 0 Å². The first-order valence-electron chi connectivity index (χ1n) is 9.15. The van der Waals surface area contributed by atoms with Crippen molar-refractivity contribution in [1.82, 2.24) is 4.90 Å². The number of likely N-dealkylation sites (N-methyl/N-ethyl adjacent to an activating group) is 1. The molecule has 1 N–H and O–H groups in total. The van der Waals surface area contributed by atoms with Crippen LogP contribution in [0.5, 0.6) is 0 Å². The van der Waals surface area contributed by atoms with Gasteiger partial charge in [-0.2, -0.15) is 0 Å². The molecule has 0 saturated carbocycles. The molecular weight excluding hydrogens is 316 g/mol. The van der Waals surface area contributed by atoms with Gasteiger partial charge in [-0.1, -0.05) is 60.4 Å². The highest BCUT2D eigenvalue weighted by Gasteiger charge is 2.02. The Bertz CT molecular complexity index is 758. The second kappa shape index (κ2) is 9.85. The van der Waals surface area contributed by atoms with Crippen LogP contribution in [0.4, 0.5) is 5.69 Å². The van der Waals surface area contributed by atoms with E-state index < -0.39 is 0 Å². The molecule has 0 amide bonds. The maximum atomic E-state index is 3.50. The molecular formula is C24H30N2. The molecule has 0 saturated heterocycles. The summed E-state index contributed by atoms with van der Waals surface area (Å²) in [6.07, 6.45) is 4.08. The molecule has 0 bridgehead atoms. The van der Waals surface area contributed by atoms with Crippen molar-refractivity contribution in [2.45, 2.75) is 33.9 Å². The second-order valence-electron chi connectivity index (χ2n) is 7.66. The Balaban J connectivity index is 1.83. The summed E-state index contributed by atoms with van der Waals surface area (Å²) in [6, 6.07) is 19.1. The molecule has 26 heavy (non-hydrogen) atoms. The average molecular weight is 347 g/mol. The van der Waals surface area contributed by atoms with Crippen LogP contribution in [0.15, 0.2) is 66.7 Å². The normalized spacial score (nSPS) is 11.4. The molecule has 2 nitrogen and oxygen atoms in total. The lowest BCUT2D eigenvalue weighted by atomic mass is 9.98. The van der Waals surface area contributed by atoms with E-state index in [2.05, 4.69) is 104 Å². The molecule has 0 heterocycles. The Morgan fingerprint density at radius 1 is 1.00 bits per heavy atom. The summed E-state index contributed by atoms with van der Waals surface area (Å²) in [6.45, 7) is 9.02. The van der Waals surface area contributed by atoms with Gasteiger partial charge in [0.2, 0.25) is 0 Å². The van der Waals surface area contributed by atoms with Crippen molar-refractivity contribution in [3.05, 3.63) is 77.9 Å². The van der Waals surface area contributed by atoms with Crippen molar-refractivity contribution in [1.29, 1.82) is 0 Å². The van der Waals surface area contributed by atoms with Crippen molar-refractivity contribution in [3.8, 4) is 11.8 Å². The molecule has 0 aliphatic carbocycles. The van der Waals surface area contributed by atoms with Gasteiger partial charge in [0.15, 0.2) is 0 Å². The highest BCUT2D eigenvalue weighted by molar-refractivity contribution is 5.46. The fraction of sp³-hybridized carbons (Fsp3) is 0.333. The minimum absolute atomic E-state index is 0.0590. The quantitative estimate of drug-likeness (QED) is 0.681. The zero-order chi connectivity index (χ0) is 18.8. The van der Waals surface area contributed by atoms with Gasteiger partial charge in [-0.05, 0) is 57.2 Å². The highest BCUT2D eigenvalue weighted by atomic mass is 15.1. The summed E-state index contributed by atoms with van der Waals surface area (Å²) in [4.78, 5) is 2.28. The monoisotopic (exact) mass is 346 g/mol. The summed E-state index contributed by atoms with van der Waals surface area (Å²) in [7, 11) is 2.13. The van der Waals surface area contributed by atoms with Gasteiger partial charge in [0.25, 0.3) is 0 Å². The number of nitrogens with zero attached hydrogens (tertiary/aromatic N) is 1. The number of nitrogens with one attached hydrogen (secondary N) is 1. The van der Waals surface area contributed by atoms with Crippen LogP contribution in [0.2, 0.25) is 0 Å². The summed E-state index contributed by atoms with van der Waals surface area (Å²) in [5.41, 5.74) is 3.81. The molecule has 0 atom stereocenters. The molecule has 0 aliphatic rings. The van der Waals surface area contributed by atoms with Crippen LogP contribution in [-0.2, 0) is 13.1 Å². The molecule has 0 unspecified atom stereocenters. The van der Waals surface area contributed by atoms with Gasteiger partial charge < -0.3 is 5.32 Å². The fourth-order valence-electron chi connectivity index (χ4n) is 2.51. The van der Waals surface area contributed by atoms with E-state index in [0.29, 0.717) is 0 Å². The lowest BCUT2D eigenvalue weighted by Gasteiger charge is -2.15. The van der Waals surface area contributed by atoms with Crippen LogP contribution in [0.25, 0.3) is 0 Å². The predicted octanol–water partition coefficient (Wildman–Crippen LogP) is 5.34. The third kappa shape index (κ3) is 8.05. The van der Waals surface area contributed by atoms with E-state index in [-0.39, 0.29) is 5.41 Å². The largest absolute Gasteiger partial charge is 0.381 e. The topological polar surface area (TPSA) is 15.3 Å². The van der Waals surface area contributed by atoms with Crippen LogP contribution in [-0.4, -0.2) is 18.5 Å². The Labute approximate surface area is 158 Å². The standard InChI is InChI=1S/C24H30N2/c1-24(2,3)16-9-6-10-17-26(4)20-22-14-11-15-23(18-22)25-19-21-12-7-5-8-13-21/h5-8,10-15,18,25H,17,19-20H2,1-4H3. The average Bonchev–Trinajstić information content (AvgIpc) is 2.60. The van der Waals surface area contributed by atoms with Gasteiger partial charge >= 0.3 is 0 Å². The second-order valence-corrected chi connectivity index (χ2v) is 7.66. The molecule has 2 rings (SSSR count). The molecule has 2 aromatic rings. The molecule has 2 aromatic carbocycles. The number of benzene rings is 2. The number of hydrogen-bond acceptors (Lipinski definition) is 2. The smallest absolute Gasteiger partial charge is 0.0400 e. The first-order valence-corrected chi connectivity index (χ1v) is 9.15. The van der Waals surface area contributed by atoms with Gasteiger partial charge in [-0.15, -0.1) is 0 Å². The van der Waals surface area contributed by atoms with Crippen molar-refractivity contribution >= 4 is 5.69 Å². The molecule has 0 radical (unpaired) electrons. The number of hydrogen-bond donors (Lipinski definition) is 1. The minimum Gasteiger partial charge on any atom is -0.381 e. The Kier molecular flexibility index (Phi) is 7.51. The van der Waals surface area contributed by atoms with E-state index in [9.17, 15) is 0 Å². The summed E-state index contributed by atoms with van der Waals surface area (Å²) < 4.78 is 0. The van der Waals surface area contributed by atoms with Crippen LogP contribution in [0, 0.1) is 17.3 Å². The summed E-state index contributed by atoms with van der Waals surface area (Å²) in [5, 5.41) is 3.50. The lowest BCUT2D eigenvalue weighted by Crippen LogP contribution is -2.17. The van der Waals surface area contributed by atoms with E-state index >= 15 is 0 Å². The lowest BCUT2D eigenvalue weighted by molar-refractivity contribution is 0.363. The van der Waals surface area contributed by atoms with Gasteiger partial charge in [-0.25, -0.2) is 0 Å². The third-order valence-electron chi connectivity index (χ3n) is 3.78. The van der Waals surface area contributed by atoms with E-state index in [4.69, 9.17) is 0 Å². The van der Waals surface area contributed by atoms with E-state index in [1.807, 2.05) is 12.1 Å². The SMILES string of the molecule is CN(CC=CC#CC(C)(C)C)Cc1cccc(NCc2ccccc2)c1. The molecule has 136 valence electrons. The van der Waals surface area contributed by atoms with E-state index in [1.165, 1.54) is 11.1 Å². The predicted molar refractivity (Wildman–Crippen MR) is 113 cm³/mol. The first-order chi connectivity index (χ1) is 12.4. The first kappa shape index (κ1) is 19.8. The van der Waals surface area contributed by atoms with Crippen molar-refractivity contribution in [2.24, 2.45) is 5.41 Å². The Morgan fingerprint density at radius 3 is 2.46 bits per heavy atom. The van der Waals surface area contributed by atoms with Crippen molar-refractivity contribution in [3.63, 3.8) is 0 Å². The van der Waals surface area contributed by atoms with E-state index in [1.54, 1.807) is 0 Å². The van der Waals surface area contributed by atoms with Crippen molar-refractivity contribution in [2.75, 3.05) is 18.9 Å². The zero-order valence-corrected chi connectivity index (χ0v) is 16.4. The zero-order valence-electron chi connectivity index (χ0n) is 16.4. The third-order valence-corrected chi connectivity index (χ3v) is 3.78. The fourth-order valence-corrected chi connectivity index (χ4v) is 2.51. The van der Waals surface area contributed by atoms with Gasteiger partial charge in [0.05, 0.1) is 0 Å². The Morgan fingerprint density at radius 2 is 1.73 bits per heavy atom. The number of allylic oxidation sites excluding steroid dienone is 1. The van der Waals surface area contributed by atoms with Gasteiger partial charge in [0, 0.05) is 30.7 Å².